The second kappa shape index (κ2) is 15.6. The Morgan fingerprint density at radius 2 is 1.45 bits per heavy atom. The molecule has 1 spiro atoms. The molecule has 4 N–H and O–H groups in total. The highest BCUT2D eigenvalue weighted by Gasteiger charge is 2.53. The summed E-state index contributed by atoms with van der Waals surface area (Å²) in [7, 11) is 2.60. The van der Waals surface area contributed by atoms with Crippen molar-refractivity contribution in [1.82, 2.24) is 40.4 Å². The van der Waals surface area contributed by atoms with Crippen LogP contribution in [0, 0.1) is 11.8 Å². The minimum atomic E-state index is -0.696. The molecule has 2 aromatic heterocycles. The molecule has 5 heterocycles. The zero-order valence-electron chi connectivity index (χ0n) is 34.1. The number of hydrogen-bond donors (Lipinski definition) is 4. The third kappa shape index (κ3) is 6.81. The van der Waals surface area contributed by atoms with Crippen molar-refractivity contribution in [1.29, 1.82) is 0 Å². The van der Waals surface area contributed by atoms with Gasteiger partial charge in [-0.05, 0) is 68.6 Å². The van der Waals surface area contributed by atoms with E-state index in [1.54, 1.807) is 0 Å². The first-order valence-electron chi connectivity index (χ1n) is 20.7. The molecule has 58 heavy (non-hydrogen) atoms. The molecule has 2 aromatic carbocycles. The molecule has 15 nitrogen and oxygen atoms in total. The van der Waals surface area contributed by atoms with E-state index in [-0.39, 0.29) is 41.1 Å². The van der Waals surface area contributed by atoms with E-state index < -0.39 is 24.3 Å². The Balaban J connectivity index is 1.04. The van der Waals surface area contributed by atoms with Crippen LogP contribution in [0.3, 0.4) is 0 Å². The number of benzene rings is 2. The summed E-state index contributed by atoms with van der Waals surface area (Å²) in [5, 5.41) is 5.54. The molecule has 8 rings (SSSR count). The summed E-state index contributed by atoms with van der Waals surface area (Å²) in [6.45, 7) is 9.09. The highest BCUT2D eigenvalue weighted by Crippen LogP contribution is 2.63. The number of methoxy groups -OCH3 is 2. The number of carbonyl (C=O) groups excluding carboxylic acids is 4. The molecule has 4 aliphatic rings. The van der Waals surface area contributed by atoms with Crippen LogP contribution in [0.15, 0.2) is 36.5 Å². The van der Waals surface area contributed by atoms with Gasteiger partial charge in [-0.15, -0.1) is 0 Å². The lowest BCUT2D eigenvalue weighted by Crippen LogP contribution is -2.51. The first-order chi connectivity index (χ1) is 28.0. The minimum absolute atomic E-state index is 0.0690. The van der Waals surface area contributed by atoms with Gasteiger partial charge in [-0.2, -0.15) is 0 Å². The monoisotopic (exact) mass is 794 g/mol. The standard InChI is InChI=1S/C43H54N8O7/c1-7-23(3)34(48-41(54)56-5)39(52)50-19-9-11-29(50)37-44-22-28(46-37)25-13-14-26-32(21-25)58-31-16-15-27-36(33(31)43(26)17-18-43)47-38(45-27)30-12-10-20-51(30)40(53)35(24(4)8-2)49-42(55)57-6/h13-16,21-24,29-30,34-35H,7-12,17-20H2,1-6H3,(H,44,46)(H,45,47)(H,48,54)(H,49,55)/t23-,24-,29-,30-,34-,35-/m0/s1. The summed E-state index contributed by atoms with van der Waals surface area (Å²) in [5.74, 6) is 2.60. The van der Waals surface area contributed by atoms with Gasteiger partial charge in [0.1, 0.15) is 35.2 Å². The number of nitrogens with zero attached hydrogens (tertiary/aromatic N) is 4. The molecular weight excluding hydrogens is 741 g/mol. The number of ether oxygens (including phenoxy) is 3. The number of aromatic nitrogens is 4. The predicted molar refractivity (Wildman–Crippen MR) is 215 cm³/mol. The maximum absolute atomic E-state index is 14.0. The fourth-order valence-electron chi connectivity index (χ4n) is 9.23. The van der Waals surface area contributed by atoms with Gasteiger partial charge in [0.15, 0.2) is 0 Å². The number of alkyl carbamates (subject to hydrolysis) is 2. The number of likely N-dealkylation sites (tertiary alicyclic amines) is 2. The summed E-state index contributed by atoms with van der Waals surface area (Å²) in [5.41, 5.74) is 5.45. The maximum atomic E-state index is 14.0. The van der Waals surface area contributed by atoms with Crippen molar-refractivity contribution in [3.8, 4) is 22.8 Å². The lowest BCUT2D eigenvalue weighted by atomic mass is 9.83. The van der Waals surface area contributed by atoms with E-state index in [2.05, 4.69) is 38.8 Å². The topological polar surface area (TPSA) is 184 Å². The zero-order valence-corrected chi connectivity index (χ0v) is 34.1. The molecule has 1 saturated carbocycles. The van der Waals surface area contributed by atoms with Crippen LogP contribution in [0.4, 0.5) is 9.59 Å². The van der Waals surface area contributed by atoms with Gasteiger partial charge < -0.3 is 44.6 Å². The lowest BCUT2D eigenvalue weighted by molar-refractivity contribution is -0.136. The van der Waals surface area contributed by atoms with E-state index in [0.29, 0.717) is 18.9 Å². The first-order valence-corrected chi connectivity index (χ1v) is 20.7. The van der Waals surface area contributed by atoms with Crippen LogP contribution in [0.2, 0.25) is 0 Å². The number of fused-ring (bicyclic) bond motifs is 6. The van der Waals surface area contributed by atoms with Crippen molar-refractivity contribution in [3.63, 3.8) is 0 Å². The SMILES string of the molecule is CC[C@H](C)[C@H](NC(=O)OC)C(=O)N1CCC[C@H]1c1ncc(-c2ccc3c(c2)Oc2ccc4[nH]c([C@@H]5CCCN5C(=O)[C@@H](NC(=O)OC)[C@@H](C)CC)nc4c2C32CC2)[nH]1. The van der Waals surface area contributed by atoms with Crippen LogP contribution in [0.25, 0.3) is 22.3 Å². The van der Waals surface area contributed by atoms with Gasteiger partial charge in [-0.3, -0.25) is 9.59 Å². The maximum Gasteiger partial charge on any atom is 0.407 e. The normalized spacial score (nSPS) is 21.1. The Kier molecular flexibility index (Phi) is 10.6. The van der Waals surface area contributed by atoms with Crippen LogP contribution in [-0.2, 0) is 24.5 Å². The van der Waals surface area contributed by atoms with Crippen LogP contribution in [0.1, 0.15) is 114 Å². The summed E-state index contributed by atoms with van der Waals surface area (Å²) < 4.78 is 16.4. The van der Waals surface area contributed by atoms with Gasteiger partial charge in [0, 0.05) is 35.2 Å². The van der Waals surface area contributed by atoms with E-state index in [0.717, 1.165) is 102 Å². The minimum Gasteiger partial charge on any atom is -0.457 e. The zero-order chi connectivity index (χ0) is 40.9. The Hall–Kier alpha value is -5.60. The number of amides is 4. The molecule has 4 amide bonds. The van der Waals surface area contributed by atoms with Gasteiger partial charge in [0.2, 0.25) is 11.8 Å². The van der Waals surface area contributed by atoms with Gasteiger partial charge in [-0.1, -0.05) is 52.7 Å². The highest BCUT2D eigenvalue weighted by molar-refractivity contribution is 5.89. The molecule has 6 atom stereocenters. The molecule has 2 saturated heterocycles. The predicted octanol–water partition coefficient (Wildman–Crippen LogP) is 7.01. The Labute approximate surface area is 338 Å². The second-order valence-electron chi connectivity index (χ2n) is 16.4. The van der Waals surface area contributed by atoms with Crippen molar-refractivity contribution in [2.75, 3.05) is 27.3 Å². The van der Waals surface area contributed by atoms with Gasteiger partial charge in [-0.25, -0.2) is 19.6 Å². The summed E-state index contributed by atoms with van der Waals surface area (Å²) in [4.78, 5) is 72.9. The number of imidazole rings is 2. The van der Waals surface area contributed by atoms with Crippen molar-refractivity contribution in [2.24, 2.45) is 11.8 Å². The van der Waals surface area contributed by atoms with Gasteiger partial charge >= 0.3 is 12.2 Å². The quantitative estimate of drug-likeness (QED) is 0.124. The number of hydrogen-bond acceptors (Lipinski definition) is 9. The number of rotatable bonds is 11. The Morgan fingerprint density at radius 1 is 0.845 bits per heavy atom. The second-order valence-corrected chi connectivity index (χ2v) is 16.4. The summed E-state index contributed by atoms with van der Waals surface area (Å²) in [6, 6.07) is 8.43. The number of nitrogens with one attached hydrogen (secondary N) is 4. The molecule has 308 valence electrons. The van der Waals surface area contributed by atoms with E-state index in [4.69, 9.17) is 24.2 Å². The number of aromatic amines is 2. The largest absolute Gasteiger partial charge is 0.457 e. The molecule has 0 unspecified atom stereocenters. The fourth-order valence-corrected chi connectivity index (χ4v) is 9.23. The average Bonchev–Trinajstić information content (AvgIpc) is 3.78. The van der Waals surface area contributed by atoms with Crippen molar-refractivity contribution in [3.05, 3.63) is 59.3 Å². The van der Waals surface area contributed by atoms with Crippen molar-refractivity contribution in [2.45, 2.75) is 109 Å². The molecule has 3 fully saturated rings. The van der Waals surface area contributed by atoms with Crippen molar-refractivity contribution >= 4 is 35.0 Å². The first kappa shape index (κ1) is 39.2. The lowest BCUT2D eigenvalue weighted by Gasteiger charge is -2.30. The van der Waals surface area contributed by atoms with Crippen LogP contribution < -0.4 is 15.4 Å². The van der Waals surface area contributed by atoms with E-state index in [1.165, 1.54) is 14.2 Å². The Morgan fingerprint density at radius 3 is 2.02 bits per heavy atom. The van der Waals surface area contributed by atoms with E-state index >= 15 is 0 Å². The Bertz CT molecular complexity index is 2230. The van der Waals surface area contributed by atoms with Crippen molar-refractivity contribution < 1.29 is 33.4 Å². The third-order valence-corrected chi connectivity index (χ3v) is 13.1. The van der Waals surface area contributed by atoms with Gasteiger partial charge in [0.05, 0.1) is 49.2 Å². The average molecular weight is 795 g/mol. The smallest absolute Gasteiger partial charge is 0.407 e. The van der Waals surface area contributed by atoms with E-state index in [1.807, 2.05) is 55.8 Å². The fraction of sp³-hybridized carbons (Fsp3) is 0.535. The molecule has 15 heteroatoms. The highest BCUT2D eigenvalue weighted by atomic mass is 16.5. The molecule has 3 aliphatic heterocycles. The summed E-state index contributed by atoms with van der Waals surface area (Å²) in [6.07, 6.45) is 7.14. The van der Waals surface area contributed by atoms with Crippen LogP contribution in [0.5, 0.6) is 11.5 Å². The third-order valence-electron chi connectivity index (χ3n) is 13.1. The van der Waals surface area contributed by atoms with E-state index in [9.17, 15) is 19.2 Å². The summed E-state index contributed by atoms with van der Waals surface area (Å²) >= 11 is 0. The van der Waals surface area contributed by atoms with Crippen LogP contribution in [-0.4, -0.2) is 93.1 Å². The molecule has 1 aliphatic carbocycles. The number of carbonyl (C=O) groups is 4. The van der Waals surface area contributed by atoms with Gasteiger partial charge in [0.25, 0.3) is 0 Å². The molecular formula is C43H54N8O7. The number of H-pyrrole nitrogens is 2. The molecule has 4 aromatic rings. The molecule has 0 radical (unpaired) electrons. The van der Waals surface area contributed by atoms with Crippen LogP contribution >= 0.6 is 0 Å². The molecule has 0 bridgehead atoms.